The number of aromatic nitrogens is 1. The lowest BCUT2D eigenvalue weighted by molar-refractivity contribution is -0.134. The van der Waals surface area contributed by atoms with Crippen LogP contribution in [-0.4, -0.2) is 59.1 Å². The minimum Gasteiger partial charge on any atom is -0.465 e. The van der Waals surface area contributed by atoms with Crippen molar-refractivity contribution in [3.8, 4) is 0 Å². The standard InChI is InChI=1S/C19H23ClN4O4/c1-24(2)18(26)10-3-5-14(15(8-10)23-19(27)28)22-17(25)16-9-11-7-12(20)4-6-13(11)21-16/h4,6-7,9-10,14-15,21,23H,3,5,8H2,1-2H3,(H,22,25)(H,27,28)/t10-,14-,15+/m0/s1. The van der Waals surface area contributed by atoms with Crippen LogP contribution in [-0.2, 0) is 4.79 Å². The molecule has 150 valence electrons. The summed E-state index contributed by atoms with van der Waals surface area (Å²) in [5.74, 6) is -0.628. The van der Waals surface area contributed by atoms with Crippen LogP contribution in [0.4, 0.5) is 4.79 Å². The molecule has 1 aromatic carbocycles. The monoisotopic (exact) mass is 406 g/mol. The van der Waals surface area contributed by atoms with Crippen molar-refractivity contribution in [2.24, 2.45) is 5.92 Å². The highest BCUT2D eigenvalue weighted by Gasteiger charge is 2.36. The minimum atomic E-state index is -1.18. The summed E-state index contributed by atoms with van der Waals surface area (Å²) in [7, 11) is 3.36. The molecular weight excluding hydrogens is 384 g/mol. The number of fused-ring (bicyclic) bond motifs is 1. The smallest absolute Gasteiger partial charge is 0.404 e. The van der Waals surface area contributed by atoms with Crippen LogP contribution in [0.2, 0.25) is 5.02 Å². The van der Waals surface area contributed by atoms with Crippen molar-refractivity contribution in [2.45, 2.75) is 31.3 Å². The van der Waals surface area contributed by atoms with E-state index in [2.05, 4.69) is 15.6 Å². The Hall–Kier alpha value is -2.74. The van der Waals surface area contributed by atoms with Crippen molar-refractivity contribution in [3.63, 3.8) is 0 Å². The van der Waals surface area contributed by atoms with Gasteiger partial charge in [-0.2, -0.15) is 0 Å². The molecule has 0 aliphatic heterocycles. The number of carboxylic acid groups (broad SMARTS) is 1. The number of H-pyrrole nitrogens is 1. The number of rotatable bonds is 4. The summed E-state index contributed by atoms with van der Waals surface area (Å²) in [5, 5.41) is 15.9. The molecule has 1 aromatic heterocycles. The van der Waals surface area contributed by atoms with Gasteiger partial charge in [0.15, 0.2) is 0 Å². The topological polar surface area (TPSA) is 115 Å². The first kappa shape index (κ1) is 20.0. The lowest BCUT2D eigenvalue weighted by atomic mass is 9.81. The molecule has 3 rings (SSSR count). The fourth-order valence-electron chi connectivity index (χ4n) is 3.72. The molecule has 28 heavy (non-hydrogen) atoms. The first-order valence-electron chi connectivity index (χ1n) is 9.04. The quantitative estimate of drug-likeness (QED) is 0.624. The van der Waals surface area contributed by atoms with E-state index in [1.807, 2.05) is 0 Å². The average Bonchev–Trinajstić information content (AvgIpc) is 3.05. The van der Waals surface area contributed by atoms with Gasteiger partial charge in [0.25, 0.3) is 5.91 Å². The molecule has 1 aliphatic rings. The third-order valence-corrected chi connectivity index (χ3v) is 5.33. The van der Waals surface area contributed by atoms with E-state index in [0.717, 1.165) is 10.9 Å². The van der Waals surface area contributed by atoms with E-state index in [0.29, 0.717) is 30.0 Å². The molecule has 3 amide bonds. The molecule has 2 aromatic rings. The highest BCUT2D eigenvalue weighted by molar-refractivity contribution is 6.31. The number of hydrogen-bond donors (Lipinski definition) is 4. The lowest BCUT2D eigenvalue weighted by Gasteiger charge is -2.36. The van der Waals surface area contributed by atoms with Crippen molar-refractivity contribution in [2.75, 3.05) is 14.1 Å². The molecule has 0 spiro atoms. The molecule has 1 saturated carbocycles. The van der Waals surface area contributed by atoms with Gasteiger partial charge in [0.2, 0.25) is 5.91 Å². The van der Waals surface area contributed by atoms with Gasteiger partial charge < -0.3 is 25.6 Å². The maximum absolute atomic E-state index is 12.7. The second kappa shape index (κ2) is 8.10. The second-order valence-corrected chi connectivity index (χ2v) is 7.73. The van der Waals surface area contributed by atoms with Crippen LogP contribution >= 0.6 is 11.6 Å². The number of carbonyl (C=O) groups is 3. The maximum atomic E-state index is 12.7. The zero-order valence-corrected chi connectivity index (χ0v) is 16.4. The van der Waals surface area contributed by atoms with Gasteiger partial charge in [0, 0.05) is 42.0 Å². The van der Waals surface area contributed by atoms with Gasteiger partial charge in [0.05, 0.1) is 6.04 Å². The van der Waals surface area contributed by atoms with Crippen LogP contribution in [0.5, 0.6) is 0 Å². The maximum Gasteiger partial charge on any atom is 0.404 e. The number of nitrogens with one attached hydrogen (secondary N) is 3. The Bertz CT molecular complexity index is 910. The van der Waals surface area contributed by atoms with E-state index in [9.17, 15) is 14.4 Å². The van der Waals surface area contributed by atoms with E-state index < -0.39 is 18.2 Å². The molecule has 0 bridgehead atoms. The number of amides is 3. The number of nitrogens with zero attached hydrogens (tertiary/aromatic N) is 1. The summed E-state index contributed by atoms with van der Waals surface area (Å²) >= 11 is 5.98. The van der Waals surface area contributed by atoms with Crippen LogP contribution < -0.4 is 10.6 Å². The van der Waals surface area contributed by atoms with E-state index in [1.165, 1.54) is 4.90 Å². The highest BCUT2D eigenvalue weighted by atomic mass is 35.5. The second-order valence-electron chi connectivity index (χ2n) is 7.29. The Morgan fingerprint density at radius 1 is 1.14 bits per heavy atom. The zero-order chi connectivity index (χ0) is 20.4. The number of benzene rings is 1. The SMILES string of the molecule is CN(C)C(=O)[C@H]1CC[C@H](NC(=O)c2cc3cc(Cl)ccc3[nH]2)[C@H](NC(=O)O)C1. The zero-order valence-electron chi connectivity index (χ0n) is 15.7. The Morgan fingerprint density at radius 3 is 2.57 bits per heavy atom. The van der Waals surface area contributed by atoms with Gasteiger partial charge in [-0.15, -0.1) is 0 Å². The fourth-order valence-corrected chi connectivity index (χ4v) is 3.90. The predicted octanol–water partition coefficient (Wildman–Crippen LogP) is 2.44. The summed E-state index contributed by atoms with van der Waals surface area (Å²) < 4.78 is 0. The molecule has 1 heterocycles. The molecule has 8 nitrogen and oxygen atoms in total. The van der Waals surface area contributed by atoms with Crippen molar-refractivity contribution >= 4 is 40.4 Å². The van der Waals surface area contributed by atoms with Crippen LogP contribution in [0.15, 0.2) is 24.3 Å². The first-order chi connectivity index (χ1) is 13.2. The summed E-state index contributed by atoms with van der Waals surface area (Å²) in [6.07, 6.45) is 0.258. The molecule has 0 radical (unpaired) electrons. The van der Waals surface area contributed by atoms with Crippen LogP contribution in [0.3, 0.4) is 0 Å². The number of hydrogen-bond acceptors (Lipinski definition) is 3. The summed E-state index contributed by atoms with van der Waals surface area (Å²) in [6, 6.07) is 6.06. The normalized spacial score (nSPS) is 21.9. The molecule has 0 saturated heterocycles. The van der Waals surface area contributed by atoms with Gasteiger partial charge in [-0.1, -0.05) is 11.6 Å². The third kappa shape index (κ3) is 4.39. The van der Waals surface area contributed by atoms with E-state index in [1.54, 1.807) is 38.4 Å². The molecule has 1 aliphatic carbocycles. The molecule has 4 N–H and O–H groups in total. The number of halogens is 1. The molecule has 0 unspecified atom stereocenters. The van der Waals surface area contributed by atoms with E-state index in [4.69, 9.17) is 16.7 Å². The molecule has 9 heteroatoms. The number of carbonyl (C=O) groups excluding carboxylic acids is 2. The van der Waals surface area contributed by atoms with Crippen molar-refractivity contribution < 1.29 is 19.5 Å². The Morgan fingerprint density at radius 2 is 1.89 bits per heavy atom. The van der Waals surface area contributed by atoms with Gasteiger partial charge in [0.1, 0.15) is 5.69 Å². The van der Waals surface area contributed by atoms with Crippen LogP contribution in [0.25, 0.3) is 10.9 Å². The van der Waals surface area contributed by atoms with Crippen molar-refractivity contribution in [1.29, 1.82) is 0 Å². The van der Waals surface area contributed by atoms with Gasteiger partial charge >= 0.3 is 6.09 Å². The number of aromatic amines is 1. The van der Waals surface area contributed by atoms with E-state index >= 15 is 0 Å². The largest absolute Gasteiger partial charge is 0.465 e. The predicted molar refractivity (Wildman–Crippen MR) is 106 cm³/mol. The highest BCUT2D eigenvalue weighted by Crippen LogP contribution is 2.27. The molecular formula is C19H23ClN4O4. The summed E-state index contributed by atoms with van der Waals surface area (Å²) in [6.45, 7) is 0. The summed E-state index contributed by atoms with van der Waals surface area (Å²) in [4.78, 5) is 40.7. The van der Waals surface area contributed by atoms with Crippen molar-refractivity contribution in [3.05, 3.63) is 35.0 Å². The Kier molecular flexibility index (Phi) is 5.79. The molecule has 3 atom stereocenters. The Balaban J connectivity index is 1.73. The van der Waals surface area contributed by atoms with Crippen LogP contribution in [0.1, 0.15) is 29.8 Å². The first-order valence-corrected chi connectivity index (χ1v) is 9.42. The van der Waals surface area contributed by atoms with Crippen LogP contribution in [0, 0.1) is 5.92 Å². The minimum absolute atomic E-state index is 0.0329. The van der Waals surface area contributed by atoms with Gasteiger partial charge in [-0.3, -0.25) is 9.59 Å². The van der Waals surface area contributed by atoms with Crippen molar-refractivity contribution in [1.82, 2.24) is 20.5 Å². The molecule has 1 fully saturated rings. The third-order valence-electron chi connectivity index (χ3n) is 5.09. The lowest BCUT2D eigenvalue weighted by Crippen LogP contribution is -2.55. The van der Waals surface area contributed by atoms with Gasteiger partial charge in [-0.25, -0.2) is 4.79 Å². The summed E-state index contributed by atoms with van der Waals surface area (Å²) in [5.41, 5.74) is 1.16. The van der Waals surface area contributed by atoms with Gasteiger partial charge in [-0.05, 0) is 43.5 Å². The average molecular weight is 407 g/mol. The fraction of sp³-hybridized carbons (Fsp3) is 0.421. The van der Waals surface area contributed by atoms with E-state index in [-0.39, 0.29) is 17.7 Å². The Labute approximate surface area is 167 Å².